The minimum Gasteiger partial charge on any atom is -0.314 e. The van der Waals surface area contributed by atoms with Crippen LogP contribution in [0.4, 0.5) is 4.39 Å². The lowest BCUT2D eigenvalue weighted by Gasteiger charge is -2.35. The summed E-state index contributed by atoms with van der Waals surface area (Å²) in [6.45, 7) is 5.87. The number of nitrogens with zero attached hydrogens (tertiary/aromatic N) is 1. The van der Waals surface area contributed by atoms with E-state index in [-0.39, 0.29) is 5.82 Å². The smallest absolute Gasteiger partial charge is 0.127 e. The standard InChI is InChI=1S/C13H18BrFN2/c1-2-12-8-16-5-6-17(12)9-10-7-11(14)3-4-13(10)15/h3-4,7,12,16H,2,5-6,8-9H2,1H3. The number of rotatable bonds is 3. The predicted octanol–water partition coefficient (Wildman–Crippen LogP) is 2.77. The molecule has 17 heavy (non-hydrogen) atoms. The number of benzene rings is 1. The molecule has 1 aromatic rings. The summed E-state index contributed by atoms with van der Waals surface area (Å²) in [4.78, 5) is 2.36. The van der Waals surface area contributed by atoms with Gasteiger partial charge in [0, 0.05) is 42.3 Å². The molecule has 1 heterocycles. The van der Waals surface area contributed by atoms with E-state index in [9.17, 15) is 4.39 Å². The van der Waals surface area contributed by atoms with Crippen LogP contribution in [0.15, 0.2) is 22.7 Å². The minimum absolute atomic E-state index is 0.110. The first-order valence-corrected chi connectivity index (χ1v) is 6.88. The molecule has 1 aliphatic heterocycles. The van der Waals surface area contributed by atoms with Gasteiger partial charge in [-0.3, -0.25) is 4.90 Å². The number of halogens is 2. The summed E-state index contributed by atoms with van der Waals surface area (Å²) in [6, 6.07) is 5.67. The summed E-state index contributed by atoms with van der Waals surface area (Å²) in [7, 11) is 0. The summed E-state index contributed by atoms with van der Waals surface area (Å²) >= 11 is 3.40. The lowest BCUT2D eigenvalue weighted by molar-refractivity contribution is 0.147. The van der Waals surface area contributed by atoms with Crippen LogP contribution in [0.2, 0.25) is 0 Å². The van der Waals surface area contributed by atoms with Crippen molar-refractivity contribution in [3.63, 3.8) is 0 Å². The fraction of sp³-hybridized carbons (Fsp3) is 0.538. The Balaban J connectivity index is 2.10. The van der Waals surface area contributed by atoms with E-state index in [1.807, 2.05) is 6.07 Å². The van der Waals surface area contributed by atoms with E-state index in [4.69, 9.17) is 0 Å². The number of piperazine rings is 1. The normalized spacial score (nSPS) is 21.7. The first-order chi connectivity index (χ1) is 8.20. The molecule has 1 fully saturated rings. The molecule has 1 N–H and O–H groups in total. The SMILES string of the molecule is CCC1CNCCN1Cc1cc(Br)ccc1F. The molecule has 1 aromatic carbocycles. The molecule has 0 aliphatic carbocycles. The van der Waals surface area contributed by atoms with Crippen molar-refractivity contribution >= 4 is 15.9 Å². The van der Waals surface area contributed by atoms with Gasteiger partial charge in [0.1, 0.15) is 5.82 Å². The second-order valence-electron chi connectivity index (χ2n) is 4.47. The Morgan fingerprint density at radius 1 is 1.53 bits per heavy atom. The van der Waals surface area contributed by atoms with Crippen molar-refractivity contribution in [2.75, 3.05) is 19.6 Å². The van der Waals surface area contributed by atoms with Crippen LogP contribution in [0, 0.1) is 5.82 Å². The van der Waals surface area contributed by atoms with Crippen LogP contribution in [0.3, 0.4) is 0 Å². The Kier molecular flexibility index (Phi) is 4.54. The van der Waals surface area contributed by atoms with Gasteiger partial charge in [0.2, 0.25) is 0 Å². The summed E-state index contributed by atoms with van der Waals surface area (Å²) in [5, 5.41) is 3.38. The third-order valence-electron chi connectivity index (χ3n) is 3.32. The topological polar surface area (TPSA) is 15.3 Å². The van der Waals surface area contributed by atoms with Gasteiger partial charge in [-0.25, -0.2) is 4.39 Å². The maximum absolute atomic E-state index is 13.7. The monoisotopic (exact) mass is 300 g/mol. The average molecular weight is 301 g/mol. The van der Waals surface area contributed by atoms with Gasteiger partial charge in [-0.2, -0.15) is 0 Å². The highest BCUT2D eigenvalue weighted by Gasteiger charge is 2.21. The van der Waals surface area contributed by atoms with Crippen LogP contribution in [-0.4, -0.2) is 30.6 Å². The van der Waals surface area contributed by atoms with Gasteiger partial charge in [-0.1, -0.05) is 22.9 Å². The molecule has 0 aromatic heterocycles. The van der Waals surface area contributed by atoms with Crippen molar-refractivity contribution in [2.24, 2.45) is 0 Å². The summed E-state index contributed by atoms with van der Waals surface area (Å²) in [5.74, 6) is -0.110. The van der Waals surface area contributed by atoms with Crippen molar-refractivity contribution < 1.29 is 4.39 Å². The summed E-state index contributed by atoms with van der Waals surface area (Å²) in [6.07, 6.45) is 1.10. The Morgan fingerprint density at radius 2 is 2.35 bits per heavy atom. The zero-order valence-corrected chi connectivity index (χ0v) is 11.6. The zero-order valence-electron chi connectivity index (χ0n) is 10.0. The van der Waals surface area contributed by atoms with Gasteiger partial charge in [-0.15, -0.1) is 0 Å². The second-order valence-corrected chi connectivity index (χ2v) is 5.39. The molecule has 0 bridgehead atoms. The van der Waals surface area contributed by atoms with Gasteiger partial charge in [0.25, 0.3) is 0 Å². The van der Waals surface area contributed by atoms with Gasteiger partial charge in [-0.05, 0) is 24.6 Å². The molecule has 0 amide bonds. The maximum Gasteiger partial charge on any atom is 0.127 e. The molecule has 0 saturated carbocycles. The minimum atomic E-state index is -0.110. The van der Waals surface area contributed by atoms with Crippen molar-refractivity contribution in [1.82, 2.24) is 10.2 Å². The van der Waals surface area contributed by atoms with Crippen LogP contribution in [0.5, 0.6) is 0 Å². The Labute approximate surface area is 110 Å². The Hall–Kier alpha value is -0.450. The molecule has 2 rings (SSSR count). The van der Waals surface area contributed by atoms with Crippen molar-refractivity contribution in [3.05, 3.63) is 34.1 Å². The van der Waals surface area contributed by atoms with E-state index < -0.39 is 0 Å². The Morgan fingerprint density at radius 3 is 3.12 bits per heavy atom. The fourth-order valence-electron chi connectivity index (χ4n) is 2.30. The average Bonchev–Trinajstić information content (AvgIpc) is 2.34. The predicted molar refractivity (Wildman–Crippen MR) is 71.5 cm³/mol. The third kappa shape index (κ3) is 3.27. The Bertz CT molecular complexity index is 384. The second kappa shape index (κ2) is 5.94. The zero-order chi connectivity index (χ0) is 12.3. The molecule has 1 aliphatic rings. The largest absolute Gasteiger partial charge is 0.314 e. The molecule has 0 radical (unpaired) electrons. The third-order valence-corrected chi connectivity index (χ3v) is 3.82. The van der Waals surface area contributed by atoms with Gasteiger partial charge < -0.3 is 5.32 Å². The molecular formula is C13H18BrFN2. The fourth-order valence-corrected chi connectivity index (χ4v) is 2.71. The molecule has 1 saturated heterocycles. The van der Waals surface area contributed by atoms with Crippen LogP contribution in [0.25, 0.3) is 0 Å². The quantitative estimate of drug-likeness (QED) is 0.923. The molecule has 1 atom stereocenters. The molecule has 94 valence electrons. The number of hydrogen-bond acceptors (Lipinski definition) is 2. The summed E-state index contributed by atoms with van der Waals surface area (Å²) in [5.41, 5.74) is 0.778. The molecular weight excluding hydrogens is 283 g/mol. The first kappa shape index (κ1) is 13.0. The van der Waals surface area contributed by atoms with Crippen LogP contribution in [-0.2, 0) is 6.54 Å². The molecule has 0 spiro atoms. The van der Waals surface area contributed by atoms with Gasteiger partial charge >= 0.3 is 0 Å². The van der Waals surface area contributed by atoms with Gasteiger partial charge in [0.05, 0.1) is 0 Å². The van der Waals surface area contributed by atoms with E-state index in [1.165, 1.54) is 6.07 Å². The van der Waals surface area contributed by atoms with Crippen molar-refractivity contribution in [1.29, 1.82) is 0 Å². The van der Waals surface area contributed by atoms with Gasteiger partial charge in [0.15, 0.2) is 0 Å². The highest BCUT2D eigenvalue weighted by atomic mass is 79.9. The van der Waals surface area contributed by atoms with E-state index in [1.54, 1.807) is 6.07 Å². The van der Waals surface area contributed by atoms with Crippen molar-refractivity contribution in [3.8, 4) is 0 Å². The lowest BCUT2D eigenvalue weighted by Crippen LogP contribution is -2.50. The maximum atomic E-state index is 13.7. The van der Waals surface area contributed by atoms with Crippen LogP contribution in [0.1, 0.15) is 18.9 Å². The van der Waals surface area contributed by atoms with E-state index in [2.05, 4.69) is 33.1 Å². The van der Waals surface area contributed by atoms with Crippen LogP contribution < -0.4 is 5.32 Å². The van der Waals surface area contributed by atoms with E-state index in [0.29, 0.717) is 12.6 Å². The van der Waals surface area contributed by atoms with E-state index in [0.717, 1.165) is 36.1 Å². The molecule has 4 heteroatoms. The molecule has 2 nitrogen and oxygen atoms in total. The first-order valence-electron chi connectivity index (χ1n) is 6.09. The highest BCUT2D eigenvalue weighted by molar-refractivity contribution is 9.10. The summed E-state index contributed by atoms with van der Waals surface area (Å²) < 4.78 is 14.6. The van der Waals surface area contributed by atoms with E-state index >= 15 is 0 Å². The number of nitrogens with one attached hydrogen (secondary N) is 1. The number of hydrogen-bond donors (Lipinski definition) is 1. The highest BCUT2D eigenvalue weighted by Crippen LogP contribution is 2.19. The van der Waals surface area contributed by atoms with Crippen LogP contribution >= 0.6 is 15.9 Å². The lowest BCUT2D eigenvalue weighted by atomic mass is 10.1. The molecule has 1 unspecified atom stereocenters. The van der Waals surface area contributed by atoms with Crippen molar-refractivity contribution in [2.45, 2.75) is 25.9 Å².